The molecule has 6 heteroatoms. The molecule has 1 aliphatic rings. The van der Waals surface area contributed by atoms with E-state index in [9.17, 15) is 14.7 Å². The second-order valence-corrected chi connectivity index (χ2v) is 6.96. The summed E-state index contributed by atoms with van der Waals surface area (Å²) in [5.74, 6) is -0.786. The highest BCUT2D eigenvalue weighted by molar-refractivity contribution is 6.30. The molecule has 0 bridgehead atoms. The van der Waals surface area contributed by atoms with Crippen molar-refractivity contribution in [3.8, 4) is 5.75 Å². The lowest BCUT2D eigenvalue weighted by Crippen LogP contribution is -2.32. The van der Waals surface area contributed by atoms with E-state index in [0.29, 0.717) is 5.02 Å². The van der Waals surface area contributed by atoms with Crippen LogP contribution in [0.15, 0.2) is 48.5 Å². The Morgan fingerprint density at radius 1 is 1.00 bits per heavy atom. The van der Waals surface area contributed by atoms with Gasteiger partial charge < -0.3 is 14.9 Å². The van der Waals surface area contributed by atoms with E-state index < -0.39 is 17.4 Å². The Bertz CT molecular complexity index is 762. The molecule has 1 saturated carbocycles. The Labute approximate surface area is 163 Å². The van der Waals surface area contributed by atoms with Crippen LogP contribution < -0.4 is 4.74 Å². The maximum Gasteiger partial charge on any atom is 0.314 e. The molecule has 1 fully saturated rings. The zero-order valence-electron chi connectivity index (χ0n) is 15.2. The van der Waals surface area contributed by atoms with E-state index in [2.05, 4.69) is 0 Å². The monoisotopic (exact) mass is 390 g/mol. The van der Waals surface area contributed by atoms with E-state index in [1.807, 2.05) is 12.1 Å². The third-order valence-electron chi connectivity index (χ3n) is 4.78. The van der Waals surface area contributed by atoms with Gasteiger partial charge in [-0.1, -0.05) is 48.7 Å². The van der Waals surface area contributed by atoms with Gasteiger partial charge in [-0.15, -0.1) is 0 Å². The predicted octanol–water partition coefficient (Wildman–Crippen LogP) is 4.56. The standard InChI is InChI=1S/C12H13ClO2.C9H10O3/c13-10-5-3-9(4-6-10)12(11(14)15)7-1-2-8-12;1-12-8-4-2-7(3-5-8)6-9(10)11/h3-6H,1-2,7-8H2,(H,14,15);2-5H,6H2,1H3,(H,10,11). The van der Waals surface area contributed by atoms with Crippen LogP contribution >= 0.6 is 11.6 Å². The molecule has 144 valence electrons. The van der Waals surface area contributed by atoms with Crippen LogP contribution in [-0.2, 0) is 21.4 Å². The fourth-order valence-electron chi connectivity index (χ4n) is 3.29. The summed E-state index contributed by atoms with van der Waals surface area (Å²) in [6.45, 7) is 0. The molecule has 27 heavy (non-hydrogen) atoms. The largest absolute Gasteiger partial charge is 0.497 e. The number of carboxylic acid groups (broad SMARTS) is 2. The minimum atomic E-state index is -0.819. The molecule has 0 atom stereocenters. The topological polar surface area (TPSA) is 83.8 Å². The van der Waals surface area contributed by atoms with Gasteiger partial charge in [-0.3, -0.25) is 9.59 Å². The first-order chi connectivity index (χ1) is 12.9. The Kier molecular flexibility index (Phi) is 7.25. The second-order valence-electron chi connectivity index (χ2n) is 6.52. The van der Waals surface area contributed by atoms with Gasteiger partial charge in [-0.2, -0.15) is 0 Å². The molecule has 0 aliphatic heterocycles. The van der Waals surface area contributed by atoms with E-state index >= 15 is 0 Å². The van der Waals surface area contributed by atoms with Crippen LogP contribution in [-0.4, -0.2) is 29.3 Å². The molecule has 2 aromatic carbocycles. The normalized spacial score (nSPS) is 14.7. The number of rotatable bonds is 5. The molecule has 0 aromatic heterocycles. The van der Waals surface area contributed by atoms with Crippen molar-refractivity contribution < 1.29 is 24.5 Å². The molecular formula is C21H23ClO5. The maximum absolute atomic E-state index is 11.4. The summed E-state index contributed by atoms with van der Waals surface area (Å²) in [5, 5.41) is 18.5. The van der Waals surface area contributed by atoms with Crippen molar-refractivity contribution >= 4 is 23.5 Å². The first-order valence-electron chi connectivity index (χ1n) is 8.71. The lowest BCUT2D eigenvalue weighted by molar-refractivity contribution is -0.143. The van der Waals surface area contributed by atoms with Gasteiger partial charge in [0.25, 0.3) is 0 Å². The summed E-state index contributed by atoms with van der Waals surface area (Å²) in [4.78, 5) is 21.7. The molecule has 2 N–H and O–H groups in total. The zero-order chi connectivity index (χ0) is 19.9. The highest BCUT2D eigenvalue weighted by Crippen LogP contribution is 2.41. The SMILES string of the molecule is COc1ccc(CC(=O)O)cc1.O=C(O)C1(c2ccc(Cl)cc2)CCCC1. The van der Waals surface area contributed by atoms with Crippen molar-refractivity contribution in [1.82, 2.24) is 0 Å². The van der Waals surface area contributed by atoms with E-state index in [1.165, 1.54) is 0 Å². The Balaban J connectivity index is 0.000000199. The maximum atomic E-state index is 11.4. The van der Waals surface area contributed by atoms with Gasteiger partial charge in [0.2, 0.25) is 0 Å². The Hall–Kier alpha value is -2.53. The van der Waals surface area contributed by atoms with Crippen molar-refractivity contribution in [3.63, 3.8) is 0 Å². The fraction of sp³-hybridized carbons (Fsp3) is 0.333. The number of benzene rings is 2. The van der Waals surface area contributed by atoms with Crippen molar-refractivity contribution in [2.45, 2.75) is 37.5 Å². The van der Waals surface area contributed by atoms with Gasteiger partial charge in [0.1, 0.15) is 5.75 Å². The summed E-state index contributed by atoms with van der Waals surface area (Å²) in [6.07, 6.45) is 3.53. The molecule has 0 amide bonds. The van der Waals surface area contributed by atoms with Crippen LogP contribution in [0.1, 0.15) is 36.8 Å². The quantitative estimate of drug-likeness (QED) is 0.781. The highest BCUT2D eigenvalue weighted by atomic mass is 35.5. The predicted molar refractivity (Wildman–Crippen MR) is 104 cm³/mol. The summed E-state index contributed by atoms with van der Waals surface area (Å²) < 4.78 is 4.93. The lowest BCUT2D eigenvalue weighted by Gasteiger charge is -2.24. The van der Waals surface area contributed by atoms with Gasteiger partial charge in [-0.05, 0) is 48.2 Å². The van der Waals surface area contributed by atoms with E-state index in [-0.39, 0.29) is 6.42 Å². The number of carboxylic acids is 2. The smallest absolute Gasteiger partial charge is 0.314 e. The van der Waals surface area contributed by atoms with Crippen LogP contribution in [0.4, 0.5) is 0 Å². The molecule has 1 aliphatic carbocycles. The average Bonchev–Trinajstić information content (AvgIpc) is 3.14. The molecule has 2 aromatic rings. The second kappa shape index (κ2) is 9.42. The molecule has 0 radical (unpaired) electrons. The average molecular weight is 391 g/mol. The third kappa shape index (κ3) is 5.47. The zero-order valence-corrected chi connectivity index (χ0v) is 15.9. The first kappa shape index (κ1) is 20.8. The Morgan fingerprint density at radius 3 is 2.00 bits per heavy atom. The molecule has 0 heterocycles. The highest BCUT2D eigenvalue weighted by Gasteiger charge is 2.42. The van der Waals surface area contributed by atoms with E-state index in [1.54, 1.807) is 43.5 Å². The summed E-state index contributed by atoms with van der Waals surface area (Å²) in [5.41, 5.74) is 1.00. The van der Waals surface area contributed by atoms with Gasteiger partial charge in [0.15, 0.2) is 0 Å². The molecule has 5 nitrogen and oxygen atoms in total. The molecule has 0 unspecified atom stereocenters. The van der Waals surface area contributed by atoms with Crippen LogP contribution in [0.2, 0.25) is 5.02 Å². The molecule has 3 rings (SSSR count). The number of hydrogen-bond acceptors (Lipinski definition) is 3. The van der Waals surface area contributed by atoms with Crippen LogP contribution in [0, 0.1) is 0 Å². The summed E-state index contributed by atoms with van der Waals surface area (Å²) in [6, 6.07) is 14.2. The molecule has 0 saturated heterocycles. The first-order valence-corrected chi connectivity index (χ1v) is 9.09. The third-order valence-corrected chi connectivity index (χ3v) is 5.03. The number of hydrogen-bond donors (Lipinski definition) is 2. The van der Waals surface area contributed by atoms with Gasteiger partial charge in [0, 0.05) is 5.02 Å². The van der Waals surface area contributed by atoms with Crippen LogP contribution in [0.3, 0.4) is 0 Å². The van der Waals surface area contributed by atoms with Crippen molar-refractivity contribution in [2.75, 3.05) is 7.11 Å². The fourth-order valence-corrected chi connectivity index (χ4v) is 3.42. The minimum Gasteiger partial charge on any atom is -0.497 e. The number of aliphatic carboxylic acids is 2. The van der Waals surface area contributed by atoms with Crippen LogP contribution in [0.25, 0.3) is 0 Å². The summed E-state index contributed by atoms with van der Waals surface area (Å²) >= 11 is 5.80. The number of ether oxygens (including phenoxy) is 1. The lowest BCUT2D eigenvalue weighted by atomic mass is 9.79. The van der Waals surface area contributed by atoms with Gasteiger partial charge >= 0.3 is 11.9 Å². The van der Waals surface area contributed by atoms with Crippen molar-refractivity contribution in [3.05, 3.63) is 64.7 Å². The van der Waals surface area contributed by atoms with E-state index in [0.717, 1.165) is 42.6 Å². The number of methoxy groups -OCH3 is 1. The Morgan fingerprint density at radius 2 is 1.56 bits per heavy atom. The molecular weight excluding hydrogens is 368 g/mol. The van der Waals surface area contributed by atoms with Gasteiger partial charge in [-0.25, -0.2) is 0 Å². The number of halogens is 1. The van der Waals surface area contributed by atoms with Crippen molar-refractivity contribution in [2.24, 2.45) is 0 Å². The van der Waals surface area contributed by atoms with Crippen LogP contribution in [0.5, 0.6) is 5.75 Å². The van der Waals surface area contributed by atoms with Gasteiger partial charge in [0.05, 0.1) is 18.9 Å². The number of carbonyl (C=O) groups is 2. The van der Waals surface area contributed by atoms with E-state index in [4.69, 9.17) is 21.4 Å². The molecule has 0 spiro atoms. The minimum absolute atomic E-state index is 0.0595. The van der Waals surface area contributed by atoms with Crippen molar-refractivity contribution in [1.29, 1.82) is 0 Å². The summed E-state index contributed by atoms with van der Waals surface area (Å²) in [7, 11) is 1.58.